The highest BCUT2D eigenvalue weighted by molar-refractivity contribution is 5.63. The number of benzene rings is 1. The van der Waals surface area contributed by atoms with E-state index in [1.165, 1.54) is 5.56 Å². The molecule has 0 saturated carbocycles. The van der Waals surface area contributed by atoms with Crippen LogP contribution in [-0.4, -0.2) is 9.78 Å². The number of hydrogen-bond donors (Lipinski definition) is 1. The molecule has 1 heterocycles. The van der Waals surface area contributed by atoms with Crippen molar-refractivity contribution in [3.63, 3.8) is 0 Å². The second-order valence-electron chi connectivity index (χ2n) is 4.36. The number of rotatable bonds is 2. The lowest BCUT2D eigenvalue weighted by Gasteiger charge is -2.11. The summed E-state index contributed by atoms with van der Waals surface area (Å²) in [5.41, 5.74) is 9.25. The van der Waals surface area contributed by atoms with Crippen LogP contribution < -0.4 is 5.73 Å². The lowest BCUT2D eigenvalue weighted by atomic mass is 10.1. The molecule has 0 amide bonds. The minimum absolute atomic E-state index is 0.313. The Morgan fingerprint density at radius 1 is 1.25 bits per heavy atom. The van der Waals surface area contributed by atoms with E-state index in [1.807, 2.05) is 10.7 Å². The van der Waals surface area contributed by atoms with Gasteiger partial charge in [-0.05, 0) is 26.8 Å². The number of anilines is 1. The van der Waals surface area contributed by atoms with Crippen LogP contribution in [0.2, 0.25) is 0 Å². The first-order valence-corrected chi connectivity index (χ1v) is 5.50. The van der Waals surface area contributed by atoms with Crippen LogP contribution >= 0.6 is 0 Å². The molecule has 84 valence electrons. The van der Waals surface area contributed by atoms with E-state index in [9.17, 15) is 0 Å². The summed E-state index contributed by atoms with van der Waals surface area (Å²) in [5.74, 6) is 0.574. The number of aryl methyl sites for hydroxylation is 1. The number of nitrogens with two attached hydrogens (primary N) is 1. The minimum Gasteiger partial charge on any atom is -0.382 e. The van der Waals surface area contributed by atoms with Crippen molar-refractivity contribution in [3.8, 4) is 11.3 Å². The van der Waals surface area contributed by atoms with Crippen LogP contribution in [-0.2, 0) is 0 Å². The molecular weight excluding hydrogens is 198 g/mol. The maximum absolute atomic E-state index is 5.76. The molecule has 1 aromatic carbocycles. The maximum Gasteiger partial charge on any atom is 0.146 e. The molecular formula is C13H17N3. The Kier molecular flexibility index (Phi) is 2.69. The molecule has 0 fully saturated rings. The Morgan fingerprint density at radius 2 is 2.00 bits per heavy atom. The summed E-state index contributed by atoms with van der Waals surface area (Å²) in [5, 5.41) is 4.31. The zero-order chi connectivity index (χ0) is 11.7. The summed E-state index contributed by atoms with van der Waals surface area (Å²) in [6, 6.07) is 10.6. The fourth-order valence-corrected chi connectivity index (χ4v) is 1.83. The quantitative estimate of drug-likeness (QED) is 0.836. The Labute approximate surface area is 95.9 Å². The van der Waals surface area contributed by atoms with Gasteiger partial charge in [0.05, 0.1) is 5.69 Å². The second-order valence-corrected chi connectivity index (χ2v) is 4.36. The predicted molar refractivity (Wildman–Crippen MR) is 67.2 cm³/mol. The molecule has 0 saturated heterocycles. The highest BCUT2D eigenvalue weighted by Gasteiger charge is 2.10. The van der Waals surface area contributed by atoms with Crippen LogP contribution in [0, 0.1) is 6.92 Å². The van der Waals surface area contributed by atoms with E-state index in [0.717, 1.165) is 11.3 Å². The SMILES string of the molecule is Cc1cccc(-c2cc(N)nn2C(C)C)c1. The molecule has 0 aliphatic heterocycles. The summed E-state index contributed by atoms with van der Waals surface area (Å²) in [6.45, 7) is 6.29. The average molecular weight is 215 g/mol. The van der Waals surface area contributed by atoms with Crippen LogP contribution in [0.3, 0.4) is 0 Å². The minimum atomic E-state index is 0.313. The monoisotopic (exact) mass is 215 g/mol. The molecule has 0 aliphatic carbocycles. The van der Waals surface area contributed by atoms with Gasteiger partial charge in [0.2, 0.25) is 0 Å². The normalized spacial score (nSPS) is 11.0. The van der Waals surface area contributed by atoms with Gasteiger partial charge in [0, 0.05) is 17.7 Å². The number of nitrogens with zero attached hydrogens (tertiary/aromatic N) is 2. The topological polar surface area (TPSA) is 43.8 Å². The van der Waals surface area contributed by atoms with Gasteiger partial charge in [0.15, 0.2) is 0 Å². The molecule has 0 spiro atoms. The number of nitrogen functional groups attached to an aromatic ring is 1. The van der Waals surface area contributed by atoms with E-state index < -0.39 is 0 Å². The third-order valence-electron chi connectivity index (χ3n) is 2.56. The molecule has 16 heavy (non-hydrogen) atoms. The van der Waals surface area contributed by atoms with Crippen LogP contribution in [0.5, 0.6) is 0 Å². The first-order chi connectivity index (χ1) is 7.58. The van der Waals surface area contributed by atoms with Crippen molar-refractivity contribution >= 4 is 5.82 Å². The smallest absolute Gasteiger partial charge is 0.146 e. The van der Waals surface area contributed by atoms with Crippen molar-refractivity contribution in [2.75, 3.05) is 5.73 Å². The maximum atomic E-state index is 5.76. The van der Waals surface area contributed by atoms with Crippen LogP contribution in [0.1, 0.15) is 25.5 Å². The Bertz CT molecular complexity index is 498. The van der Waals surface area contributed by atoms with Gasteiger partial charge in [-0.3, -0.25) is 4.68 Å². The molecule has 0 bridgehead atoms. The molecule has 0 unspecified atom stereocenters. The van der Waals surface area contributed by atoms with E-state index in [1.54, 1.807) is 0 Å². The van der Waals surface area contributed by atoms with Crippen molar-refractivity contribution in [2.24, 2.45) is 0 Å². The van der Waals surface area contributed by atoms with Gasteiger partial charge < -0.3 is 5.73 Å². The van der Waals surface area contributed by atoms with Crippen LogP contribution in [0.4, 0.5) is 5.82 Å². The van der Waals surface area contributed by atoms with Crippen LogP contribution in [0.25, 0.3) is 11.3 Å². The van der Waals surface area contributed by atoms with E-state index in [4.69, 9.17) is 5.73 Å². The molecule has 3 nitrogen and oxygen atoms in total. The highest BCUT2D eigenvalue weighted by Crippen LogP contribution is 2.25. The zero-order valence-corrected chi connectivity index (χ0v) is 9.94. The van der Waals surface area contributed by atoms with Crippen LogP contribution in [0.15, 0.2) is 30.3 Å². The van der Waals surface area contributed by atoms with Gasteiger partial charge in [-0.15, -0.1) is 0 Å². The molecule has 0 radical (unpaired) electrons. The lowest BCUT2D eigenvalue weighted by Crippen LogP contribution is -2.05. The molecule has 1 aromatic heterocycles. The van der Waals surface area contributed by atoms with Crippen molar-refractivity contribution in [3.05, 3.63) is 35.9 Å². The van der Waals surface area contributed by atoms with E-state index >= 15 is 0 Å². The summed E-state index contributed by atoms with van der Waals surface area (Å²) < 4.78 is 1.96. The Hall–Kier alpha value is -1.77. The fourth-order valence-electron chi connectivity index (χ4n) is 1.83. The Balaban J connectivity index is 2.55. The van der Waals surface area contributed by atoms with E-state index in [-0.39, 0.29) is 0 Å². The van der Waals surface area contributed by atoms with Crippen molar-refractivity contribution < 1.29 is 0 Å². The predicted octanol–water partition coefficient (Wildman–Crippen LogP) is 3.02. The first kappa shape index (κ1) is 10.7. The molecule has 2 aromatic rings. The molecule has 3 heteroatoms. The van der Waals surface area contributed by atoms with E-state index in [2.05, 4.69) is 50.1 Å². The zero-order valence-electron chi connectivity index (χ0n) is 9.94. The van der Waals surface area contributed by atoms with Gasteiger partial charge >= 0.3 is 0 Å². The van der Waals surface area contributed by atoms with Gasteiger partial charge in [-0.1, -0.05) is 23.8 Å². The van der Waals surface area contributed by atoms with Gasteiger partial charge in [0.25, 0.3) is 0 Å². The third kappa shape index (κ3) is 1.94. The van der Waals surface area contributed by atoms with Gasteiger partial charge in [-0.25, -0.2) is 0 Å². The number of aromatic nitrogens is 2. The van der Waals surface area contributed by atoms with Crippen molar-refractivity contribution in [2.45, 2.75) is 26.8 Å². The Morgan fingerprint density at radius 3 is 2.62 bits per heavy atom. The first-order valence-electron chi connectivity index (χ1n) is 5.50. The molecule has 2 rings (SSSR count). The largest absolute Gasteiger partial charge is 0.382 e. The summed E-state index contributed by atoms with van der Waals surface area (Å²) in [6.07, 6.45) is 0. The van der Waals surface area contributed by atoms with Crippen molar-refractivity contribution in [1.29, 1.82) is 0 Å². The summed E-state index contributed by atoms with van der Waals surface area (Å²) in [7, 11) is 0. The highest BCUT2D eigenvalue weighted by atomic mass is 15.3. The second kappa shape index (κ2) is 4.00. The summed E-state index contributed by atoms with van der Waals surface area (Å²) >= 11 is 0. The number of hydrogen-bond acceptors (Lipinski definition) is 2. The fraction of sp³-hybridized carbons (Fsp3) is 0.308. The average Bonchev–Trinajstić information content (AvgIpc) is 2.60. The van der Waals surface area contributed by atoms with Crippen molar-refractivity contribution in [1.82, 2.24) is 9.78 Å². The standard InChI is InChI=1S/C13H17N3/c1-9(2)16-12(8-13(14)15-16)11-6-4-5-10(3)7-11/h4-9H,1-3H3,(H2,14,15). The summed E-state index contributed by atoms with van der Waals surface area (Å²) in [4.78, 5) is 0. The van der Waals surface area contributed by atoms with Gasteiger partial charge in [0.1, 0.15) is 5.82 Å². The van der Waals surface area contributed by atoms with E-state index in [0.29, 0.717) is 11.9 Å². The molecule has 2 N–H and O–H groups in total. The third-order valence-corrected chi connectivity index (χ3v) is 2.56. The molecule has 0 atom stereocenters. The lowest BCUT2D eigenvalue weighted by molar-refractivity contribution is 0.540. The van der Waals surface area contributed by atoms with Gasteiger partial charge in [-0.2, -0.15) is 5.10 Å². The molecule has 0 aliphatic rings.